The van der Waals surface area contributed by atoms with Gasteiger partial charge in [0.15, 0.2) is 0 Å². The molecule has 1 fully saturated rings. The minimum atomic E-state index is -3.24. The molecule has 2 rings (SSSR count). The normalized spacial score (nSPS) is 15.4. The van der Waals surface area contributed by atoms with Crippen molar-refractivity contribution in [2.45, 2.75) is 18.9 Å². The largest absolute Gasteiger partial charge is 0.488 e. The Labute approximate surface area is 101 Å². The zero-order valence-electron chi connectivity index (χ0n) is 9.86. The van der Waals surface area contributed by atoms with E-state index in [9.17, 15) is 8.42 Å². The van der Waals surface area contributed by atoms with Crippen molar-refractivity contribution in [2.24, 2.45) is 0 Å². The SMILES string of the molecule is CNc1cc(NS(C)(=O)=O)ccc1OC1CC1. The summed E-state index contributed by atoms with van der Waals surface area (Å²) in [6.07, 6.45) is 3.62. The molecule has 0 aromatic heterocycles. The van der Waals surface area contributed by atoms with E-state index in [1.165, 1.54) is 0 Å². The maximum atomic E-state index is 11.1. The van der Waals surface area contributed by atoms with Gasteiger partial charge in [-0.3, -0.25) is 4.72 Å². The van der Waals surface area contributed by atoms with Gasteiger partial charge < -0.3 is 10.1 Å². The lowest BCUT2D eigenvalue weighted by Crippen LogP contribution is -2.10. The Bertz CT molecular complexity index is 509. The summed E-state index contributed by atoms with van der Waals surface area (Å²) in [4.78, 5) is 0. The quantitative estimate of drug-likeness (QED) is 0.840. The number of hydrogen-bond acceptors (Lipinski definition) is 4. The fourth-order valence-electron chi connectivity index (χ4n) is 1.47. The van der Waals surface area contributed by atoms with Crippen molar-refractivity contribution in [1.29, 1.82) is 0 Å². The van der Waals surface area contributed by atoms with Crippen LogP contribution in [0, 0.1) is 0 Å². The lowest BCUT2D eigenvalue weighted by atomic mass is 10.2. The molecule has 1 aromatic carbocycles. The second-order valence-electron chi connectivity index (χ2n) is 4.15. The third kappa shape index (κ3) is 3.52. The number of anilines is 2. The highest BCUT2D eigenvalue weighted by Crippen LogP contribution is 2.33. The van der Waals surface area contributed by atoms with Crippen LogP contribution in [-0.2, 0) is 10.0 Å². The van der Waals surface area contributed by atoms with Gasteiger partial charge in [-0.2, -0.15) is 0 Å². The zero-order chi connectivity index (χ0) is 12.5. The van der Waals surface area contributed by atoms with Gasteiger partial charge in [0.25, 0.3) is 0 Å². The van der Waals surface area contributed by atoms with Crippen LogP contribution in [0.4, 0.5) is 11.4 Å². The standard InChI is InChI=1S/C11H16N2O3S/c1-12-10-7-8(13-17(2,14)15)3-6-11(10)16-9-4-5-9/h3,6-7,9,12-13H,4-5H2,1-2H3. The number of nitrogens with one attached hydrogen (secondary N) is 2. The van der Waals surface area contributed by atoms with Gasteiger partial charge in [0.1, 0.15) is 5.75 Å². The van der Waals surface area contributed by atoms with Gasteiger partial charge in [-0.05, 0) is 31.0 Å². The van der Waals surface area contributed by atoms with Crippen molar-refractivity contribution in [3.63, 3.8) is 0 Å². The number of ether oxygens (including phenoxy) is 1. The number of benzene rings is 1. The maximum absolute atomic E-state index is 11.1. The van der Waals surface area contributed by atoms with Crippen LogP contribution in [0.15, 0.2) is 18.2 Å². The molecular weight excluding hydrogens is 240 g/mol. The Hall–Kier alpha value is -1.43. The van der Waals surface area contributed by atoms with E-state index in [4.69, 9.17) is 4.74 Å². The Morgan fingerprint density at radius 1 is 1.35 bits per heavy atom. The molecule has 1 saturated carbocycles. The van der Waals surface area contributed by atoms with E-state index in [-0.39, 0.29) is 0 Å². The van der Waals surface area contributed by atoms with Gasteiger partial charge in [-0.1, -0.05) is 0 Å². The molecule has 0 radical (unpaired) electrons. The summed E-state index contributed by atoms with van der Waals surface area (Å²) in [6, 6.07) is 5.19. The first-order chi connectivity index (χ1) is 7.98. The molecule has 5 nitrogen and oxygen atoms in total. The molecule has 17 heavy (non-hydrogen) atoms. The minimum absolute atomic E-state index is 0.316. The van der Waals surface area contributed by atoms with Crippen molar-refractivity contribution >= 4 is 21.4 Å². The number of hydrogen-bond donors (Lipinski definition) is 2. The van der Waals surface area contributed by atoms with Crippen LogP contribution in [0.25, 0.3) is 0 Å². The number of sulfonamides is 1. The molecule has 0 heterocycles. The van der Waals surface area contributed by atoms with E-state index >= 15 is 0 Å². The van der Waals surface area contributed by atoms with E-state index in [0.717, 1.165) is 30.5 Å². The first kappa shape index (κ1) is 12.0. The monoisotopic (exact) mass is 256 g/mol. The Morgan fingerprint density at radius 2 is 2.06 bits per heavy atom. The molecule has 1 aromatic rings. The lowest BCUT2D eigenvalue weighted by Gasteiger charge is -2.12. The first-order valence-electron chi connectivity index (χ1n) is 5.44. The second-order valence-corrected chi connectivity index (χ2v) is 5.90. The van der Waals surface area contributed by atoms with E-state index in [0.29, 0.717) is 11.8 Å². The highest BCUT2D eigenvalue weighted by molar-refractivity contribution is 7.92. The van der Waals surface area contributed by atoms with Crippen LogP contribution in [0.5, 0.6) is 5.75 Å². The summed E-state index contributed by atoms with van der Waals surface area (Å²) >= 11 is 0. The van der Waals surface area contributed by atoms with Crippen LogP contribution < -0.4 is 14.8 Å². The van der Waals surface area contributed by atoms with Gasteiger partial charge in [0.2, 0.25) is 10.0 Å². The van der Waals surface area contributed by atoms with Gasteiger partial charge in [0, 0.05) is 7.05 Å². The molecule has 1 aliphatic carbocycles. The molecule has 6 heteroatoms. The molecule has 1 aliphatic rings. The summed E-state index contributed by atoms with van der Waals surface area (Å²) < 4.78 is 30.3. The van der Waals surface area contributed by atoms with Gasteiger partial charge in [0.05, 0.1) is 23.7 Å². The van der Waals surface area contributed by atoms with Crippen LogP contribution in [0.1, 0.15) is 12.8 Å². The van der Waals surface area contributed by atoms with Crippen LogP contribution >= 0.6 is 0 Å². The molecule has 0 saturated heterocycles. The van der Waals surface area contributed by atoms with Crippen molar-refractivity contribution in [2.75, 3.05) is 23.3 Å². The maximum Gasteiger partial charge on any atom is 0.229 e. The smallest absolute Gasteiger partial charge is 0.229 e. The average Bonchev–Trinajstić information content (AvgIpc) is 3.02. The summed E-state index contributed by atoms with van der Waals surface area (Å²) in [5.74, 6) is 0.758. The van der Waals surface area contributed by atoms with E-state index < -0.39 is 10.0 Å². The third-order valence-electron chi connectivity index (χ3n) is 2.37. The zero-order valence-corrected chi connectivity index (χ0v) is 10.7. The van der Waals surface area contributed by atoms with Gasteiger partial charge in [-0.15, -0.1) is 0 Å². The van der Waals surface area contributed by atoms with Crippen LogP contribution in [0.2, 0.25) is 0 Å². The molecule has 0 unspecified atom stereocenters. The first-order valence-corrected chi connectivity index (χ1v) is 7.33. The van der Waals surface area contributed by atoms with E-state index in [1.807, 2.05) is 0 Å². The highest BCUT2D eigenvalue weighted by Gasteiger charge is 2.24. The molecule has 2 N–H and O–H groups in total. The molecule has 94 valence electrons. The molecule has 0 aliphatic heterocycles. The predicted molar refractivity (Wildman–Crippen MR) is 68.1 cm³/mol. The van der Waals surface area contributed by atoms with Gasteiger partial charge in [-0.25, -0.2) is 8.42 Å². The second kappa shape index (κ2) is 4.44. The Morgan fingerprint density at radius 3 is 2.59 bits per heavy atom. The molecular formula is C11H16N2O3S. The van der Waals surface area contributed by atoms with E-state index in [2.05, 4.69) is 10.0 Å². The van der Waals surface area contributed by atoms with Crippen molar-refractivity contribution < 1.29 is 13.2 Å². The molecule has 0 bridgehead atoms. The summed E-state index contributed by atoms with van der Waals surface area (Å²) in [6.45, 7) is 0. The Kier molecular flexibility index (Phi) is 3.15. The van der Waals surface area contributed by atoms with Crippen molar-refractivity contribution in [3.05, 3.63) is 18.2 Å². The molecule has 0 amide bonds. The fraction of sp³-hybridized carbons (Fsp3) is 0.455. The summed E-state index contributed by atoms with van der Waals surface area (Å²) in [5.41, 5.74) is 1.31. The summed E-state index contributed by atoms with van der Waals surface area (Å²) in [5, 5.41) is 3.00. The molecule has 0 atom stereocenters. The van der Waals surface area contributed by atoms with E-state index in [1.54, 1.807) is 25.2 Å². The van der Waals surface area contributed by atoms with Crippen LogP contribution in [0.3, 0.4) is 0 Å². The topological polar surface area (TPSA) is 67.4 Å². The van der Waals surface area contributed by atoms with Crippen LogP contribution in [-0.4, -0.2) is 27.8 Å². The predicted octanol–water partition coefficient (Wildman–Crippen LogP) is 1.64. The third-order valence-corrected chi connectivity index (χ3v) is 2.98. The minimum Gasteiger partial charge on any atom is -0.488 e. The average molecular weight is 256 g/mol. The highest BCUT2D eigenvalue weighted by atomic mass is 32.2. The fourth-order valence-corrected chi connectivity index (χ4v) is 2.03. The lowest BCUT2D eigenvalue weighted by molar-refractivity contribution is 0.305. The van der Waals surface area contributed by atoms with Gasteiger partial charge >= 0.3 is 0 Å². The summed E-state index contributed by atoms with van der Waals surface area (Å²) in [7, 11) is -1.47. The molecule has 0 spiro atoms. The number of rotatable bonds is 5. The van der Waals surface area contributed by atoms with Crippen molar-refractivity contribution in [1.82, 2.24) is 0 Å². The Balaban J connectivity index is 2.20. The van der Waals surface area contributed by atoms with Crippen molar-refractivity contribution in [3.8, 4) is 5.75 Å².